The zero-order chi connectivity index (χ0) is 13.0. The SMILES string of the molecule is N#Cc1ccc(-c2ncccc2CF)cc1N=O. The van der Waals surface area contributed by atoms with Crippen molar-refractivity contribution in [2.75, 3.05) is 0 Å². The molecule has 0 aliphatic rings. The van der Waals surface area contributed by atoms with Crippen molar-refractivity contribution in [3.05, 3.63) is 52.6 Å². The Labute approximate surface area is 103 Å². The topological polar surface area (TPSA) is 66.1 Å². The summed E-state index contributed by atoms with van der Waals surface area (Å²) < 4.78 is 12.8. The smallest absolute Gasteiger partial charge is 0.126 e. The van der Waals surface area contributed by atoms with E-state index >= 15 is 0 Å². The second-order valence-corrected chi connectivity index (χ2v) is 3.58. The maximum Gasteiger partial charge on any atom is 0.126 e. The van der Waals surface area contributed by atoms with Crippen LogP contribution in [0.3, 0.4) is 0 Å². The molecule has 0 saturated carbocycles. The van der Waals surface area contributed by atoms with Crippen molar-refractivity contribution in [1.29, 1.82) is 5.26 Å². The normalized spacial score (nSPS) is 9.78. The molecule has 2 aromatic rings. The van der Waals surface area contributed by atoms with Crippen molar-refractivity contribution in [3.63, 3.8) is 0 Å². The zero-order valence-corrected chi connectivity index (χ0v) is 9.30. The molecule has 4 nitrogen and oxygen atoms in total. The van der Waals surface area contributed by atoms with Crippen molar-refractivity contribution < 1.29 is 4.39 Å². The number of halogens is 1. The van der Waals surface area contributed by atoms with Gasteiger partial charge < -0.3 is 0 Å². The van der Waals surface area contributed by atoms with E-state index in [1.54, 1.807) is 24.4 Å². The third kappa shape index (κ3) is 2.09. The average Bonchev–Trinajstić information content (AvgIpc) is 2.46. The summed E-state index contributed by atoms with van der Waals surface area (Å²) in [5, 5.41) is 11.6. The molecule has 0 radical (unpaired) electrons. The average molecular weight is 241 g/mol. The summed E-state index contributed by atoms with van der Waals surface area (Å²) in [7, 11) is 0. The summed E-state index contributed by atoms with van der Waals surface area (Å²) >= 11 is 0. The van der Waals surface area contributed by atoms with Crippen LogP contribution in [-0.2, 0) is 6.67 Å². The van der Waals surface area contributed by atoms with Gasteiger partial charge in [0.25, 0.3) is 0 Å². The lowest BCUT2D eigenvalue weighted by Crippen LogP contribution is -1.90. The van der Waals surface area contributed by atoms with E-state index in [4.69, 9.17) is 5.26 Å². The standard InChI is InChI=1S/C13H8FN3O/c14-7-10-2-1-5-16-13(10)9-3-4-11(8-15)12(6-9)17-18/h1-6H,7H2. The molecule has 18 heavy (non-hydrogen) atoms. The minimum atomic E-state index is -0.646. The fourth-order valence-electron chi connectivity index (χ4n) is 1.66. The van der Waals surface area contributed by atoms with Gasteiger partial charge in [0.1, 0.15) is 18.4 Å². The number of nitrogens with zero attached hydrogens (tertiary/aromatic N) is 3. The second-order valence-electron chi connectivity index (χ2n) is 3.58. The van der Waals surface area contributed by atoms with Gasteiger partial charge in [0.15, 0.2) is 0 Å². The lowest BCUT2D eigenvalue weighted by atomic mass is 10.0. The molecule has 0 unspecified atom stereocenters. The number of hydrogen-bond donors (Lipinski definition) is 0. The molecule has 0 atom stereocenters. The van der Waals surface area contributed by atoms with Gasteiger partial charge >= 0.3 is 0 Å². The van der Waals surface area contributed by atoms with E-state index in [9.17, 15) is 9.30 Å². The number of pyridine rings is 1. The predicted molar refractivity (Wildman–Crippen MR) is 64.7 cm³/mol. The van der Waals surface area contributed by atoms with Gasteiger partial charge in [0, 0.05) is 17.3 Å². The molecule has 1 aromatic heterocycles. The molecule has 88 valence electrons. The van der Waals surface area contributed by atoms with Gasteiger partial charge in [-0.25, -0.2) is 4.39 Å². The van der Waals surface area contributed by atoms with Crippen molar-refractivity contribution in [2.24, 2.45) is 5.18 Å². The molecular formula is C13H8FN3O. The molecule has 2 rings (SSSR count). The first kappa shape index (κ1) is 11.9. The molecular weight excluding hydrogens is 233 g/mol. The first-order valence-corrected chi connectivity index (χ1v) is 5.18. The first-order chi connectivity index (χ1) is 8.80. The van der Waals surface area contributed by atoms with Gasteiger partial charge in [-0.2, -0.15) is 5.26 Å². The van der Waals surface area contributed by atoms with E-state index in [1.165, 1.54) is 12.1 Å². The molecule has 0 amide bonds. The quantitative estimate of drug-likeness (QED) is 0.772. The van der Waals surface area contributed by atoms with Crippen LogP contribution < -0.4 is 0 Å². The number of rotatable bonds is 3. The van der Waals surface area contributed by atoms with Crippen molar-refractivity contribution in [2.45, 2.75) is 6.67 Å². The number of hydrogen-bond acceptors (Lipinski definition) is 4. The highest BCUT2D eigenvalue weighted by molar-refractivity contribution is 5.69. The third-order valence-electron chi connectivity index (χ3n) is 2.53. The second kappa shape index (κ2) is 5.15. The fraction of sp³-hybridized carbons (Fsp3) is 0.0769. The Morgan fingerprint density at radius 3 is 2.89 bits per heavy atom. The van der Waals surface area contributed by atoms with Gasteiger partial charge in [-0.15, -0.1) is 4.91 Å². The van der Waals surface area contributed by atoms with Crippen molar-refractivity contribution >= 4 is 5.69 Å². The van der Waals surface area contributed by atoms with Crippen LogP contribution >= 0.6 is 0 Å². The molecule has 5 heteroatoms. The van der Waals surface area contributed by atoms with Gasteiger partial charge in [-0.3, -0.25) is 4.98 Å². The Bertz CT molecular complexity index is 634. The van der Waals surface area contributed by atoms with Crippen LogP contribution in [0.1, 0.15) is 11.1 Å². The van der Waals surface area contributed by atoms with E-state index in [1.807, 2.05) is 6.07 Å². The molecule has 0 spiro atoms. The molecule has 1 heterocycles. The largest absolute Gasteiger partial charge is 0.256 e. The Morgan fingerprint density at radius 1 is 1.39 bits per heavy atom. The summed E-state index contributed by atoms with van der Waals surface area (Å²) in [6.45, 7) is -0.646. The monoisotopic (exact) mass is 241 g/mol. The predicted octanol–water partition coefficient (Wildman–Crippen LogP) is 3.49. The highest BCUT2D eigenvalue weighted by Crippen LogP contribution is 2.28. The van der Waals surface area contributed by atoms with Crippen molar-refractivity contribution in [1.82, 2.24) is 4.98 Å². The lowest BCUT2D eigenvalue weighted by molar-refractivity contribution is 0.485. The molecule has 0 bridgehead atoms. The molecule has 0 aliphatic heterocycles. The van der Waals surface area contributed by atoms with Crippen LogP contribution in [0, 0.1) is 16.2 Å². The Morgan fingerprint density at radius 2 is 2.22 bits per heavy atom. The van der Waals surface area contributed by atoms with E-state index in [0.717, 1.165) is 0 Å². The van der Waals surface area contributed by atoms with Crippen LogP contribution in [-0.4, -0.2) is 4.98 Å². The minimum absolute atomic E-state index is 0.0328. The van der Waals surface area contributed by atoms with Gasteiger partial charge in [-0.05, 0) is 23.4 Å². The summed E-state index contributed by atoms with van der Waals surface area (Å²) in [5.41, 5.74) is 1.67. The molecule has 1 aromatic carbocycles. The minimum Gasteiger partial charge on any atom is -0.256 e. The third-order valence-corrected chi connectivity index (χ3v) is 2.53. The maximum atomic E-state index is 12.8. The van der Waals surface area contributed by atoms with Crippen LogP contribution in [0.2, 0.25) is 0 Å². The van der Waals surface area contributed by atoms with Gasteiger partial charge in [0.2, 0.25) is 0 Å². The first-order valence-electron chi connectivity index (χ1n) is 5.18. The van der Waals surface area contributed by atoms with E-state index in [0.29, 0.717) is 16.8 Å². The number of alkyl halides is 1. The van der Waals surface area contributed by atoms with Crippen molar-refractivity contribution in [3.8, 4) is 17.3 Å². The summed E-state index contributed by atoms with van der Waals surface area (Å²) in [6, 6.07) is 9.66. The van der Waals surface area contributed by atoms with E-state index in [2.05, 4.69) is 10.2 Å². The summed E-state index contributed by atoms with van der Waals surface area (Å²) in [5.74, 6) is 0. The Kier molecular flexibility index (Phi) is 3.39. The highest BCUT2D eigenvalue weighted by Gasteiger charge is 2.09. The summed E-state index contributed by atoms with van der Waals surface area (Å²) in [6.07, 6.45) is 1.54. The van der Waals surface area contributed by atoms with Crippen LogP contribution in [0.5, 0.6) is 0 Å². The Balaban J connectivity index is 2.58. The molecule has 0 fully saturated rings. The number of nitriles is 1. The molecule has 0 aliphatic carbocycles. The van der Waals surface area contributed by atoms with E-state index < -0.39 is 6.67 Å². The maximum absolute atomic E-state index is 12.8. The van der Waals surface area contributed by atoms with E-state index in [-0.39, 0.29) is 11.3 Å². The van der Waals surface area contributed by atoms with Gasteiger partial charge in [-0.1, -0.05) is 12.1 Å². The molecule has 0 N–H and O–H groups in total. The summed E-state index contributed by atoms with van der Waals surface area (Å²) in [4.78, 5) is 14.7. The number of aromatic nitrogens is 1. The Hall–Kier alpha value is -2.61. The van der Waals surface area contributed by atoms with Crippen LogP contribution in [0.25, 0.3) is 11.3 Å². The zero-order valence-electron chi connectivity index (χ0n) is 9.30. The van der Waals surface area contributed by atoms with Crippen LogP contribution in [0.15, 0.2) is 41.7 Å². The number of nitroso groups, excluding NO2 is 1. The molecule has 0 saturated heterocycles. The van der Waals surface area contributed by atoms with Crippen LogP contribution in [0.4, 0.5) is 10.1 Å². The lowest BCUT2D eigenvalue weighted by Gasteiger charge is -2.06. The number of benzene rings is 1. The fourth-order valence-corrected chi connectivity index (χ4v) is 1.66. The van der Waals surface area contributed by atoms with Gasteiger partial charge in [0.05, 0.1) is 11.3 Å². The highest BCUT2D eigenvalue weighted by atomic mass is 19.1.